The van der Waals surface area contributed by atoms with Crippen molar-refractivity contribution >= 4 is 16.8 Å². The Bertz CT molecular complexity index is 1010. The van der Waals surface area contributed by atoms with E-state index in [1.165, 1.54) is 4.57 Å². The molecule has 1 amide bonds. The van der Waals surface area contributed by atoms with Crippen LogP contribution < -0.4 is 16.0 Å². The molecular formula is C19H19N3O3. The van der Waals surface area contributed by atoms with E-state index < -0.39 is 11.8 Å². The smallest absolute Gasteiger partial charge is 0.265 e. The molecule has 0 fully saturated rings. The van der Waals surface area contributed by atoms with E-state index in [-0.39, 0.29) is 5.56 Å². The number of hydrogen-bond acceptors (Lipinski definition) is 4. The molecule has 2 aromatic carbocycles. The fraction of sp³-hybridized carbons (Fsp3) is 0.211. The Balaban J connectivity index is 2.35. The largest absolute Gasteiger partial charge is 0.497 e. The van der Waals surface area contributed by atoms with Gasteiger partial charge in [0, 0.05) is 0 Å². The predicted octanol–water partition coefficient (Wildman–Crippen LogP) is 2.29. The first-order chi connectivity index (χ1) is 11.9. The molecule has 0 aliphatic heterocycles. The quantitative estimate of drug-likeness (QED) is 0.791. The zero-order valence-electron chi connectivity index (χ0n) is 14.3. The Labute approximate surface area is 144 Å². The molecule has 0 aliphatic rings. The van der Waals surface area contributed by atoms with Gasteiger partial charge in [-0.25, -0.2) is 4.98 Å². The Morgan fingerprint density at radius 3 is 2.48 bits per heavy atom. The van der Waals surface area contributed by atoms with Gasteiger partial charge in [-0.3, -0.25) is 14.2 Å². The number of amides is 1. The SMILES string of the molecule is COc1ccc(-n2c(C(C)C(N)=O)nc3cc(C)ccc3c2=O)cc1. The van der Waals surface area contributed by atoms with Gasteiger partial charge in [0.2, 0.25) is 5.91 Å². The zero-order chi connectivity index (χ0) is 18.1. The summed E-state index contributed by atoms with van der Waals surface area (Å²) < 4.78 is 6.59. The molecule has 0 radical (unpaired) electrons. The van der Waals surface area contributed by atoms with Gasteiger partial charge in [0.25, 0.3) is 5.56 Å². The van der Waals surface area contributed by atoms with Crippen LogP contribution in [0.5, 0.6) is 5.75 Å². The molecule has 0 aliphatic carbocycles. The second-order valence-corrected chi connectivity index (χ2v) is 5.95. The van der Waals surface area contributed by atoms with E-state index in [4.69, 9.17) is 10.5 Å². The van der Waals surface area contributed by atoms with Crippen molar-refractivity contribution in [1.29, 1.82) is 0 Å². The third-order valence-electron chi connectivity index (χ3n) is 4.20. The molecule has 1 unspecified atom stereocenters. The zero-order valence-corrected chi connectivity index (χ0v) is 14.3. The molecule has 0 saturated heterocycles. The minimum Gasteiger partial charge on any atom is -0.497 e. The van der Waals surface area contributed by atoms with E-state index in [9.17, 15) is 9.59 Å². The second-order valence-electron chi connectivity index (χ2n) is 5.95. The number of aryl methyl sites for hydroxylation is 1. The summed E-state index contributed by atoms with van der Waals surface area (Å²) in [5.41, 5.74) is 7.37. The van der Waals surface area contributed by atoms with Crippen LogP contribution in [0.2, 0.25) is 0 Å². The summed E-state index contributed by atoms with van der Waals surface area (Å²) in [5.74, 6) is -0.257. The fourth-order valence-corrected chi connectivity index (χ4v) is 2.71. The van der Waals surface area contributed by atoms with Gasteiger partial charge in [-0.05, 0) is 55.8 Å². The number of methoxy groups -OCH3 is 1. The molecule has 25 heavy (non-hydrogen) atoms. The van der Waals surface area contributed by atoms with E-state index in [0.717, 1.165) is 5.56 Å². The number of carbonyl (C=O) groups excluding carboxylic acids is 1. The first-order valence-corrected chi connectivity index (χ1v) is 7.89. The number of hydrogen-bond donors (Lipinski definition) is 1. The van der Waals surface area contributed by atoms with Crippen LogP contribution in [0, 0.1) is 6.92 Å². The van der Waals surface area contributed by atoms with E-state index in [1.807, 2.05) is 19.1 Å². The Morgan fingerprint density at radius 2 is 1.88 bits per heavy atom. The number of benzene rings is 2. The summed E-state index contributed by atoms with van der Waals surface area (Å²) in [6, 6.07) is 12.4. The monoisotopic (exact) mass is 337 g/mol. The fourth-order valence-electron chi connectivity index (χ4n) is 2.71. The average molecular weight is 337 g/mol. The lowest BCUT2D eigenvalue weighted by Crippen LogP contribution is -2.30. The van der Waals surface area contributed by atoms with Crippen LogP contribution in [0.3, 0.4) is 0 Å². The first-order valence-electron chi connectivity index (χ1n) is 7.89. The van der Waals surface area contributed by atoms with Crippen LogP contribution in [-0.4, -0.2) is 22.6 Å². The molecule has 0 saturated carbocycles. The Hall–Kier alpha value is -3.15. The molecule has 2 N–H and O–H groups in total. The van der Waals surface area contributed by atoms with E-state index in [0.29, 0.717) is 28.2 Å². The topological polar surface area (TPSA) is 87.2 Å². The Morgan fingerprint density at radius 1 is 1.20 bits per heavy atom. The highest BCUT2D eigenvalue weighted by Gasteiger charge is 2.21. The summed E-state index contributed by atoms with van der Waals surface area (Å²) >= 11 is 0. The lowest BCUT2D eigenvalue weighted by Gasteiger charge is -2.17. The third-order valence-corrected chi connectivity index (χ3v) is 4.20. The number of aromatic nitrogens is 2. The van der Waals surface area contributed by atoms with Crippen molar-refractivity contribution in [2.75, 3.05) is 7.11 Å². The number of nitrogens with zero attached hydrogens (tertiary/aromatic N) is 2. The lowest BCUT2D eigenvalue weighted by molar-refractivity contribution is -0.119. The van der Waals surface area contributed by atoms with Crippen LogP contribution in [0.15, 0.2) is 47.3 Å². The van der Waals surface area contributed by atoms with E-state index >= 15 is 0 Å². The molecule has 0 bridgehead atoms. The minimum atomic E-state index is -0.709. The van der Waals surface area contributed by atoms with Gasteiger partial charge < -0.3 is 10.5 Å². The lowest BCUT2D eigenvalue weighted by atomic mass is 10.1. The molecule has 128 valence electrons. The standard InChI is InChI=1S/C19H19N3O3/c1-11-4-9-15-16(10-11)21-18(12(2)17(20)23)22(19(15)24)13-5-7-14(25-3)8-6-13/h4-10,12H,1-3H3,(H2,20,23). The summed E-state index contributed by atoms with van der Waals surface area (Å²) in [7, 11) is 1.57. The van der Waals surface area contributed by atoms with Crippen LogP contribution in [0.1, 0.15) is 24.2 Å². The molecule has 3 aromatic rings. The second kappa shape index (κ2) is 6.39. The van der Waals surface area contributed by atoms with Crippen molar-refractivity contribution in [3.8, 4) is 11.4 Å². The normalized spacial score (nSPS) is 12.1. The van der Waals surface area contributed by atoms with Gasteiger partial charge in [-0.1, -0.05) is 6.07 Å². The van der Waals surface area contributed by atoms with E-state index in [1.54, 1.807) is 44.4 Å². The van der Waals surface area contributed by atoms with Crippen molar-refractivity contribution in [3.63, 3.8) is 0 Å². The van der Waals surface area contributed by atoms with Crippen LogP contribution in [0.4, 0.5) is 0 Å². The summed E-state index contributed by atoms with van der Waals surface area (Å²) in [4.78, 5) is 29.4. The number of rotatable bonds is 4. The molecule has 1 heterocycles. The maximum Gasteiger partial charge on any atom is 0.265 e. The van der Waals surface area contributed by atoms with Gasteiger partial charge in [-0.2, -0.15) is 0 Å². The molecule has 6 nitrogen and oxygen atoms in total. The number of ether oxygens (including phenoxy) is 1. The minimum absolute atomic E-state index is 0.238. The van der Waals surface area contributed by atoms with Crippen LogP contribution in [0.25, 0.3) is 16.6 Å². The highest BCUT2D eigenvalue weighted by Crippen LogP contribution is 2.21. The van der Waals surface area contributed by atoms with Crippen molar-refractivity contribution in [3.05, 3.63) is 64.2 Å². The van der Waals surface area contributed by atoms with Crippen molar-refractivity contribution in [2.45, 2.75) is 19.8 Å². The molecule has 0 spiro atoms. The maximum absolute atomic E-state index is 13.1. The number of fused-ring (bicyclic) bond motifs is 1. The highest BCUT2D eigenvalue weighted by molar-refractivity contribution is 5.83. The van der Waals surface area contributed by atoms with Gasteiger partial charge in [-0.15, -0.1) is 0 Å². The summed E-state index contributed by atoms with van der Waals surface area (Å²) in [6.45, 7) is 3.57. The van der Waals surface area contributed by atoms with Crippen molar-refractivity contribution < 1.29 is 9.53 Å². The highest BCUT2D eigenvalue weighted by atomic mass is 16.5. The number of primary amides is 1. The first kappa shape index (κ1) is 16.7. The van der Waals surface area contributed by atoms with Gasteiger partial charge >= 0.3 is 0 Å². The van der Waals surface area contributed by atoms with Gasteiger partial charge in [0.15, 0.2) is 0 Å². The average Bonchev–Trinajstić information content (AvgIpc) is 2.60. The predicted molar refractivity (Wildman–Crippen MR) is 96.2 cm³/mol. The number of carbonyl (C=O) groups is 1. The molecule has 1 atom stereocenters. The van der Waals surface area contributed by atoms with Gasteiger partial charge in [0.05, 0.1) is 29.6 Å². The molecule has 1 aromatic heterocycles. The third kappa shape index (κ3) is 2.98. The molecule has 3 rings (SSSR count). The van der Waals surface area contributed by atoms with Crippen LogP contribution in [-0.2, 0) is 4.79 Å². The van der Waals surface area contributed by atoms with E-state index in [2.05, 4.69) is 4.98 Å². The molecular weight excluding hydrogens is 318 g/mol. The molecule has 6 heteroatoms. The number of nitrogens with two attached hydrogens (primary N) is 1. The summed E-state index contributed by atoms with van der Waals surface area (Å²) in [5, 5.41) is 0.488. The maximum atomic E-state index is 13.1. The Kier molecular flexibility index (Phi) is 4.27. The van der Waals surface area contributed by atoms with Crippen molar-refractivity contribution in [1.82, 2.24) is 9.55 Å². The van der Waals surface area contributed by atoms with Crippen LogP contribution >= 0.6 is 0 Å². The van der Waals surface area contributed by atoms with Crippen molar-refractivity contribution in [2.24, 2.45) is 5.73 Å². The van der Waals surface area contributed by atoms with Gasteiger partial charge in [0.1, 0.15) is 11.6 Å². The summed E-state index contributed by atoms with van der Waals surface area (Å²) in [6.07, 6.45) is 0.